The van der Waals surface area contributed by atoms with Gasteiger partial charge in [-0.3, -0.25) is 4.98 Å². The number of likely N-dealkylation sites (N-methyl/N-ethyl adjacent to an activating group) is 1. The summed E-state index contributed by atoms with van der Waals surface area (Å²) in [4.78, 5) is 6.34. The maximum atomic E-state index is 5.75. The highest BCUT2D eigenvalue weighted by molar-refractivity contribution is 5.50. The van der Waals surface area contributed by atoms with Gasteiger partial charge in [0.2, 0.25) is 0 Å². The van der Waals surface area contributed by atoms with E-state index < -0.39 is 0 Å². The molecule has 26 heavy (non-hydrogen) atoms. The zero-order valence-corrected chi connectivity index (χ0v) is 15.6. The molecule has 2 aromatic rings. The molecule has 0 fully saturated rings. The molecule has 2 heterocycles. The molecule has 0 N–H and O–H groups in total. The summed E-state index contributed by atoms with van der Waals surface area (Å²) < 4.78 is 11.5. The number of hydrogen-bond acceptors (Lipinski definition) is 4. The minimum absolute atomic E-state index is 0.103. The maximum absolute atomic E-state index is 5.75. The monoisotopic (exact) mass is 350 g/mol. The van der Waals surface area contributed by atoms with Gasteiger partial charge in [0.05, 0.1) is 24.6 Å². The molecule has 1 aromatic carbocycles. The van der Waals surface area contributed by atoms with Crippen molar-refractivity contribution >= 4 is 6.08 Å². The molecule has 4 nitrogen and oxygen atoms in total. The van der Waals surface area contributed by atoms with Crippen LogP contribution < -0.4 is 0 Å². The van der Waals surface area contributed by atoms with Crippen LogP contribution in [0.3, 0.4) is 0 Å². The SMILES string of the molecule is CC(C)c1ccc(/C=C/C2OC=C(COCc3ccccn3)N2C)cc1. The van der Waals surface area contributed by atoms with E-state index in [0.717, 1.165) is 11.4 Å². The maximum Gasteiger partial charge on any atom is 0.191 e. The molecular formula is C22H26N2O2. The number of aromatic nitrogens is 1. The fourth-order valence-corrected chi connectivity index (χ4v) is 2.73. The highest BCUT2D eigenvalue weighted by Crippen LogP contribution is 2.20. The van der Waals surface area contributed by atoms with Gasteiger partial charge in [-0.05, 0) is 35.3 Å². The van der Waals surface area contributed by atoms with Gasteiger partial charge in [0.25, 0.3) is 0 Å². The van der Waals surface area contributed by atoms with E-state index in [1.165, 1.54) is 11.1 Å². The molecule has 0 aliphatic carbocycles. The number of rotatable bonds is 7. The van der Waals surface area contributed by atoms with Crippen molar-refractivity contribution in [2.45, 2.75) is 32.6 Å². The number of nitrogens with zero attached hydrogens (tertiary/aromatic N) is 2. The van der Waals surface area contributed by atoms with Crippen LogP contribution in [0.2, 0.25) is 0 Å². The first kappa shape index (κ1) is 18.2. The molecule has 1 aliphatic heterocycles. The molecule has 1 atom stereocenters. The lowest BCUT2D eigenvalue weighted by Gasteiger charge is -2.20. The minimum atomic E-state index is -0.103. The molecule has 0 saturated heterocycles. The molecule has 0 saturated carbocycles. The summed E-state index contributed by atoms with van der Waals surface area (Å²) in [6.45, 7) is 5.40. The van der Waals surface area contributed by atoms with E-state index in [4.69, 9.17) is 9.47 Å². The zero-order chi connectivity index (χ0) is 18.4. The molecule has 0 spiro atoms. The lowest BCUT2D eigenvalue weighted by atomic mass is 10.0. The number of ether oxygens (including phenoxy) is 2. The Morgan fingerprint density at radius 2 is 1.96 bits per heavy atom. The molecule has 4 heteroatoms. The lowest BCUT2D eigenvalue weighted by Crippen LogP contribution is -2.26. The van der Waals surface area contributed by atoms with Gasteiger partial charge in [0.1, 0.15) is 6.26 Å². The van der Waals surface area contributed by atoms with Crippen LogP contribution in [0.4, 0.5) is 0 Å². The van der Waals surface area contributed by atoms with Gasteiger partial charge in [0.15, 0.2) is 6.23 Å². The van der Waals surface area contributed by atoms with Crippen molar-refractivity contribution in [1.82, 2.24) is 9.88 Å². The second-order valence-electron chi connectivity index (χ2n) is 6.74. The normalized spacial score (nSPS) is 17.0. The molecule has 1 aliphatic rings. The van der Waals surface area contributed by atoms with E-state index in [2.05, 4.69) is 60.1 Å². The summed E-state index contributed by atoms with van der Waals surface area (Å²) in [5, 5.41) is 0. The van der Waals surface area contributed by atoms with Gasteiger partial charge in [-0.15, -0.1) is 0 Å². The average molecular weight is 350 g/mol. The predicted molar refractivity (Wildman–Crippen MR) is 104 cm³/mol. The van der Waals surface area contributed by atoms with E-state index >= 15 is 0 Å². The van der Waals surface area contributed by atoms with Gasteiger partial charge >= 0.3 is 0 Å². The van der Waals surface area contributed by atoms with Crippen LogP contribution in [0.5, 0.6) is 0 Å². The van der Waals surface area contributed by atoms with E-state index in [1.54, 1.807) is 12.5 Å². The standard InChI is InChI=1S/C22H26N2O2/c1-17(2)19-10-7-18(8-11-19)9-12-22-24(3)21(16-26-22)15-25-14-20-6-4-5-13-23-20/h4-13,16-17,22H,14-15H2,1-3H3/b12-9+. The third-order valence-corrected chi connectivity index (χ3v) is 4.46. The fraction of sp³-hybridized carbons (Fsp3) is 0.318. The Hall–Kier alpha value is -2.59. The number of pyridine rings is 1. The Morgan fingerprint density at radius 3 is 2.65 bits per heavy atom. The van der Waals surface area contributed by atoms with Crippen molar-refractivity contribution in [2.24, 2.45) is 0 Å². The molecule has 0 bridgehead atoms. The zero-order valence-electron chi connectivity index (χ0n) is 15.6. The van der Waals surface area contributed by atoms with Crippen molar-refractivity contribution in [3.8, 4) is 0 Å². The first-order valence-electron chi connectivity index (χ1n) is 8.96. The Morgan fingerprint density at radius 1 is 1.15 bits per heavy atom. The summed E-state index contributed by atoms with van der Waals surface area (Å²) in [5.74, 6) is 0.551. The van der Waals surface area contributed by atoms with Gasteiger partial charge in [0, 0.05) is 13.2 Å². The summed E-state index contributed by atoms with van der Waals surface area (Å²) in [5.41, 5.74) is 4.47. The van der Waals surface area contributed by atoms with Crippen LogP contribution in [0.1, 0.15) is 36.6 Å². The van der Waals surface area contributed by atoms with Crippen LogP contribution in [0.15, 0.2) is 66.7 Å². The third kappa shape index (κ3) is 4.73. The lowest BCUT2D eigenvalue weighted by molar-refractivity contribution is 0.0914. The molecule has 136 valence electrons. The topological polar surface area (TPSA) is 34.6 Å². The van der Waals surface area contributed by atoms with Crippen molar-refractivity contribution in [3.05, 3.63) is 83.5 Å². The summed E-state index contributed by atoms with van der Waals surface area (Å²) in [7, 11) is 2.01. The van der Waals surface area contributed by atoms with Crippen molar-refractivity contribution in [2.75, 3.05) is 13.7 Å². The molecule has 0 radical (unpaired) electrons. The van der Waals surface area contributed by atoms with Crippen molar-refractivity contribution in [3.63, 3.8) is 0 Å². The molecule has 3 rings (SSSR count). The van der Waals surface area contributed by atoms with Gasteiger partial charge in [-0.25, -0.2) is 0 Å². The Labute approximate surface area is 155 Å². The average Bonchev–Trinajstić information content (AvgIpc) is 3.01. The number of benzene rings is 1. The smallest absolute Gasteiger partial charge is 0.191 e. The molecular weight excluding hydrogens is 324 g/mol. The molecule has 1 aromatic heterocycles. The largest absolute Gasteiger partial charge is 0.473 e. The second-order valence-corrected chi connectivity index (χ2v) is 6.74. The highest BCUT2D eigenvalue weighted by atomic mass is 16.5. The van der Waals surface area contributed by atoms with Crippen LogP contribution >= 0.6 is 0 Å². The Bertz CT molecular complexity index is 751. The third-order valence-electron chi connectivity index (χ3n) is 4.46. The van der Waals surface area contributed by atoms with Gasteiger partial charge in [-0.1, -0.05) is 50.3 Å². The number of hydrogen-bond donors (Lipinski definition) is 0. The molecule has 0 amide bonds. The van der Waals surface area contributed by atoms with Crippen molar-refractivity contribution < 1.29 is 9.47 Å². The highest BCUT2D eigenvalue weighted by Gasteiger charge is 2.21. The van der Waals surface area contributed by atoms with E-state index in [-0.39, 0.29) is 6.23 Å². The van der Waals surface area contributed by atoms with E-state index in [9.17, 15) is 0 Å². The fourth-order valence-electron chi connectivity index (χ4n) is 2.73. The summed E-state index contributed by atoms with van der Waals surface area (Å²) in [6.07, 6.45) is 7.60. The quantitative estimate of drug-likeness (QED) is 0.733. The molecule has 1 unspecified atom stereocenters. The second kappa shape index (κ2) is 8.68. The van der Waals surface area contributed by atoms with Crippen LogP contribution in [-0.2, 0) is 16.1 Å². The van der Waals surface area contributed by atoms with Gasteiger partial charge in [-0.2, -0.15) is 0 Å². The van der Waals surface area contributed by atoms with Crippen molar-refractivity contribution in [1.29, 1.82) is 0 Å². The van der Waals surface area contributed by atoms with Gasteiger partial charge < -0.3 is 14.4 Å². The van der Waals surface area contributed by atoms with Crippen LogP contribution in [0, 0.1) is 0 Å². The predicted octanol–water partition coefficient (Wildman–Crippen LogP) is 4.56. The van der Waals surface area contributed by atoms with E-state index in [1.807, 2.05) is 25.2 Å². The van der Waals surface area contributed by atoms with E-state index in [0.29, 0.717) is 19.1 Å². The Kier molecular flexibility index (Phi) is 6.08. The first-order chi connectivity index (χ1) is 12.6. The Balaban J connectivity index is 1.49. The van der Waals surface area contributed by atoms with Crippen LogP contribution in [-0.4, -0.2) is 29.8 Å². The summed E-state index contributed by atoms with van der Waals surface area (Å²) in [6, 6.07) is 14.5. The minimum Gasteiger partial charge on any atom is -0.473 e. The van der Waals surface area contributed by atoms with Crippen LogP contribution in [0.25, 0.3) is 6.08 Å². The summed E-state index contributed by atoms with van der Waals surface area (Å²) >= 11 is 0. The first-order valence-corrected chi connectivity index (χ1v) is 8.96.